The van der Waals surface area contributed by atoms with Crippen LogP contribution in [0.4, 0.5) is 4.39 Å². The molecule has 2 heterocycles. The zero-order chi connectivity index (χ0) is 18.7. The number of H-pyrrole nitrogens is 1. The Morgan fingerprint density at radius 3 is 2.77 bits per heavy atom. The van der Waals surface area contributed by atoms with Gasteiger partial charge < -0.3 is 19.5 Å². The maximum Gasteiger partial charge on any atom is 0.263 e. The summed E-state index contributed by atoms with van der Waals surface area (Å²) in [6.45, 7) is 1.73. The number of aromatic amines is 1. The van der Waals surface area contributed by atoms with Crippen LogP contribution in [0.15, 0.2) is 35.3 Å². The fourth-order valence-electron chi connectivity index (χ4n) is 2.92. The smallest absolute Gasteiger partial charge is 0.263 e. The Morgan fingerprint density at radius 2 is 2.15 bits per heavy atom. The van der Waals surface area contributed by atoms with Gasteiger partial charge in [-0.15, -0.1) is 0 Å². The Kier molecular flexibility index (Phi) is 5.32. The molecule has 2 aromatic rings. The van der Waals surface area contributed by atoms with Crippen LogP contribution in [0.25, 0.3) is 0 Å². The Morgan fingerprint density at radius 1 is 1.42 bits per heavy atom. The van der Waals surface area contributed by atoms with E-state index in [-0.39, 0.29) is 29.9 Å². The second-order valence-corrected chi connectivity index (χ2v) is 6.44. The van der Waals surface area contributed by atoms with E-state index in [1.807, 2.05) is 7.05 Å². The maximum absolute atomic E-state index is 12.9. The Hall–Kier alpha value is -2.74. The van der Waals surface area contributed by atoms with E-state index >= 15 is 0 Å². The molecule has 0 saturated carbocycles. The summed E-state index contributed by atoms with van der Waals surface area (Å²) in [7, 11) is 3.71. The average Bonchev–Trinajstić information content (AvgIpc) is 3.06. The van der Waals surface area contributed by atoms with Gasteiger partial charge in [-0.25, -0.2) is 9.37 Å². The quantitative estimate of drug-likeness (QED) is 0.869. The van der Waals surface area contributed by atoms with Gasteiger partial charge in [-0.1, -0.05) is 0 Å². The highest BCUT2D eigenvalue weighted by Gasteiger charge is 2.28. The SMILES string of the molecule is CN1CC[C@@H](N(C)C(=O)c2cnc(COc3ccc(F)cc3)[nH]c2=O)C1. The molecule has 8 heteroatoms. The summed E-state index contributed by atoms with van der Waals surface area (Å²) in [5.74, 6) is 0.0489. The van der Waals surface area contributed by atoms with Crippen molar-refractivity contribution >= 4 is 5.91 Å². The third-order valence-corrected chi connectivity index (χ3v) is 4.51. The van der Waals surface area contributed by atoms with Crippen LogP contribution in [0.2, 0.25) is 0 Å². The summed E-state index contributed by atoms with van der Waals surface area (Å²) in [5.41, 5.74) is -0.492. The van der Waals surface area contributed by atoms with Crippen LogP contribution in [0.3, 0.4) is 0 Å². The number of nitrogens with one attached hydrogen (secondary N) is 1. The van der Waals surface area contributed by atoms with Crippen LogP contribution in [0.5, 0.6) is 5.75 Å². The number of ether oxygens (including phenoxy) is 1. The van der Waals surface area contributed by atoms with Crippen molar-refractivity contribution in [3.8, 4) is 5.75 Å². The largest absolute Gasteiger partial charge is 0.486 e. The molecule has 0 bridgehead atoms. The molecule has 1 aliphatic heterocycles. The van der Waals surface area contributed by atoms with E-state index in [4.69, 9.17) is 4.74 Å². The summed E-state index contributed by atoms with van der Waals surface area (Å²) in [6, 6.07) is 5.62. The van der Waals surface area contributed by atoms with Gasteiger partial charge in [0.05, 0.1) is 0 Å². The Bertz CT molecular complexity index is 837. The molecule has 1 aromatic heterocycles. The highest BCUT2D eigenvalue weighted by atomic mass is 19.1. The predicted molar refractivity (Wildman–Crippen MR) is 93.6 cm³/mol. The molecular formula is C18H21FN4O3. The number of halogens is 1. The number of hydrogen-bond donors (Lipinski definition) is 1. The third-order valence-electron chi connectivity index (χ3n) is 4.51. The molecule has 1 fully saturated rings. The molecule has 0 unspecified atom stereocenters. The van der Waals surface area contributed by atoms with E-state index in [0.29, 0.717) is 11.6 Å². The average molecular weight is 360 g/mol. The van der Waals surface area contributed by atoms with Crippen LogP contribution >= 0.6 is 0 Å². The molecule has 1 amide bonds. The summed E-state index contributed by atoms with van der Waals surface area (Å²) < 4.78 is 18.3. The minimum Gasteiger partial charge on any atom is -0.486 e. The van der Waals surface area contributed by atoms with Gasteiger partial charge in [0.1, 0.15) is 29.6 Å². The molecule has 0 aliphatic carbocycles. The van der Waals surface area contributed by atoms with E-state index in [1.165, 1.54) is 30.5 Å². The first-order valence-corrected chi connectivity index (χ1v) is 8.36. The van der Waals surface area contributed by atoms with Crippen LogP contribution in [0, 0.1) is 5.82 Å². The van der Waals surface area contributed by atoms with Crippen molar-refractivity contribution in [2.24, 2.45) is 0 Å². The van der Waals surface area contributed by atoms with Crippen molar-refractivity contribution in [3.63, 3.8) is 0 Å². The molecule has 1 atom stereocenters. The second-order valence-electron chi connectivity index (χ2n) is 6.44. The van der Waals surface area contributed by atoms with Crippen LogP contribution in [0.1, 0.15) is 22.6 Å². The van der Waals surface area contributed by atoms with E-state index in [1.54, 1.807) is 11.9 Å². The van der Waals surface area contributed by atoms with Crippen molar-refractivity contribution in [2.75, 3.05) is 27.2 Å². The molecule has 26 heavy (non-hydrogen) atoms. The van der Waals surface area contributed by atoms with Crippen LogP contribution in [-0.2, 0) is 6.61 Å². The lowest BCUT2D eigenvalue weighted by atomic mass is 10.2. The van der Waals surface area contributed by atoms with Crippen LogP contribution in [-0.4, -0.2) is 58.9 Å². The lowest BCUT2D eigenvalue weighted by molar-refractivity contribution is 0.0735. The summed E-state index contributed by atoms with van der Waals surface area (Å²) in [4.78, 5) is 35.2. The normalized spacial score (nSPS) is 17.3. The molecule has 1 N–H and O–H groups in total. The summed E-state index contributed by atoms with van der Waals surface area (Å²) >= 11 is 0. The number of rotatable bonds is 5. The molecule has 0 spiro atoms. The number of likely N-dealkylation sites (tertiary alicyclic amines) is 1. The third kappa shape index (κ3) is 4.08. The van der Waals surface area contributed by atoms with E-state index in [2.05, 4.69) is 14.9 Å². The topological polar surface area (TPSA) is 78.5 Å². The number of benzene rings is 1. The maximum atomic E-state index is 12.9. The Labute approximate surface area is 150 Å². The van der Waals surface area contributed by atoms with Gasteiger partial charge in [-0.05, 0) is 44.3 Å². The lowest BCUT2D eigenvalue weighted by Gasteiger charge is -2.24. The predicted octanol–water partition coefficient (Wildman–Crippen LogP) is 1.26. The minimum atomic E-state index is -0.499. The van der Waals surface area contributed by atoms with Crippen molar-refractivity contribution < 1.29 is 13.9 Å². The molecule has 0 radical (unpaired) electrons. The van der Waals surface area contributed by atoms with Crippen molar-refractivity contribution in [1.82, 2.24) is 19.8 Å². The first-order valence-electron chi connectivity index (χ1n) is 8.36. The molecule has 1 aromatic carbocycles. The standard InChI is InChI=1S/C18H21FN4O3/c1-22-8-7-13(10-22)23(2)18(25)15-9-20-16(21-17(15)24)11-26-14-5-3-12(19)4-6-14/h3-6,9,13H,7-8,10-11H2,1-2H3,(H,20,21,24)/t13-/m1/s1. The first kappa shape index (κ1) is 18.1. The molecule has 3 rings (SSSR count). The first-order chi connectivity index (χ1) is 12.4. The fourth-order valence-corrected chi connectivity index (χ4v) is 2.92. The number of carbonyl (C=O) groups excluding carboxylic acids is 1. The van der Waals surface area contributed by atoms with Crippen molar-refractivity contribution in [3.05, 3.63) is 58.0 Å². The van der Waals surface area contributed by atoms with E-state index in [9.17, 15) is 14.0 Å². The van der Waals surface area contributed by atoms with Gasteiger partial charge in [0.2, 0.25) is 0 Å². The summed E-state index contributed by atoms with van der Waals surface area (Å²) in [5, 5.41) is 0. The number of nitrogens with zero attached hydrogens (tertiary/aromatic N) is 3. The van der Waals surface area contributed by atoms with Gasteiger partial charge >= 0.3 is 0 Å². The number of carbonyl (C=O) groups is 1. The molecule has 1 aliphatic rings. The zero-order valence-electron chi connectivity index (χ0n) is 14.7. The Balaban J connectivity index is 1.66. The second kappa shape index (κ2) is 7.65. The van der Waals surface area contributed by atoms with Crippen molar-refractivity contribution in [2.45, 2.75) is 19.1 Å². The highest BCUT2D eigenvalue weighted by Crippen LogP contribution is 2.15. The van der Waals surface area contributed by atoms with Gasteiger partial charge in [0.25, 0.3) is 11.5 Å². The van der Waals surface area contributed by atoms with Gasteiger partial charge in [0.15, 0.2) is 0 Å². The summed E-state index contributed by atoms with van der Waals surface area (Å²) in [6.07, 6.45) is 2.16. The van der Waals surface area contributed by atoms with Gasteiger partial charge in [0, 0.05) is 25.8 Å². The minimum absolute atomic E-state index is 0.00702. The molecule has 138 valence electrons. The monoisotopic (exact) mass is 360 g/mol. The number of hydrogen-bond acceptors (Lipinski definition) is 5. The molecule has 7 nitrogen and oxygen atoms in total. The van der Waals surface area contributed by atoms with E-state index in [0.717, 1.165) is 19.5 Å². The van der Waals surface area contributed by atoms with Gasteiger partial charge in [-0.3, -0.25) is 9.59 Å². The molecular weight excluding hydrogens is 339 g/mol. The number of aromatic nitrogens is 2. The van der Waals surface area contributed by atoms with Crippen LogP contribution < -0.4 is 10.3 Å². The highest BCUT2D eigenvalue weighted by molar-refractivity contribution is 5.93. The van der Waals surface area contributed by atoms with Crippen molar-refractivity contribution in [1.29, 1.82) is 0 Å². The zero-order valence-corrected chi connectivity index (χ0v) is 14.7. The number of amides is 1. The van der Waals surface area contributed by atoms with E-state index < -0.39 is 5.56 Å². The number of likely N-dealkylation sites (N-methyl/N-ethyl adjacent to an activating group) is 2. The molecule has 1 saturated heterocycles. The lowest BCUT2D eigenvalue weighted by Crippen LogP contribution is -2.41. The fraction of sp³-hybridized carbons (Fsp3) is 0.389. The van der Waals surface area contributed by atoms with Gasteiger partial charge in [-0.2, -0.15) is 0 Å².